The lowest BCUT2D eigenvalue weighted by Crippen LogP contribution is -3.10. The van der Waals surface area contributed by atoms with Crippen molar-refractivity contribution in [1.29, 1.82) is 21.2 Å². The fourth-order valence-corrected chi connectivity index (χ4v) is 3.83. The van der Waals surface area contributed by atoms with Crippen molar-refractivity contribution in [2.45, 2.75) is 5.92 Å². The van der Waals surface area contributed by atoms with E-state index >= 15 is 0 Å². The van der Waals surface area contributed by atoms with Crippen molar-refractivity contribution in [2.24, 2.45) is 17.3 Å². The van der Waals surface area contributed by atoms with E-state index in [9.17, 15) is 15.8 Å². The minimum Gasteiger partial charge on any atom is -0.469 e. The van der Waals surface area contributed by atoms with E-state index in [0.29, 0.717) is 12.3 Å². The topological polar surface area (TPSA) is 113 Å². The molecule has 6 heteroatoms. The Labute approximate surface area is 134 Å². The van der Waals surface area contributed by atoms with E-state index in [1.165, 1.54) is 11.2 Å². The lowest BCUT2D eigenvalue weighted by molar-refractivity contribution is -0.879. The SMILES string of the molecule is C[NH+]1CC=C2C(C#N)C(=N)C(C#N)(C#N)[C@@H](c3ccco3)[C@H]2C1. The molecule has 1 aliphatic heterocycles. The molecular formula is C17H16N5O+. The Morgan fingerprint density at radius 1 is 1.35 bits per heavy atom. The number of hydrogen-bond donors (Lipinski definition) is 2. The van der Waals surface area contributed by atoms with E-state index in [1.807, 2.05) is 25.3 Å². The molecule has 0 saturated heterocycles. The maximum atomic E-state index is 9.76. The van der Waals surface area contributed by atoms with Gasteiger partial charge in [-0.25, -0.2) is 0 Å². The van der Waals surface area contributed by atoms with Crippen LogP contribution in [0.15, 0.2) is 34.5 Å². The highest BCUT2D eigenvalue weighted by Crippen LogP contribution is 2.52. The molecule has 0 bridgehead atoms. The lowest BCUT2D eigenvalue weighted by atomic mass is 9.55. The summed E-state index contributed by atoms with van der Waals surface area (Å²) < 4.78 is 5.52. The number of quaternary nitrogens is 1. The molecule has 4 atom stereocenters. The van der Waals surface area contributed by atoms with Gasteiger partial charge < -0.3 is 14.7 Å². The normalized spacial score (nSPS) is 31.9. The van der Waals surface area contributed by atoms with Gasteiger partial charge in [0.15, 0.2) is 5.41 Å². The zero-order chi connectivity index (χ0) is 16.6. The van der Waals surface area contributed by atoms with Gasteiger partial charge in [-0.05, 0) is 23.8 Å². The molecule has 1 saturated carbocycles. The molecule has 2 unspecified atom stereocenters. The molecule has 0 amide bonds. The first-order valence-electron chi connectivity index (χ1n) is 7.44. The monoisotopic (exact) mass is 306 g/mol. The molecule has 1 aromatic heterocycles. The second kappa shape index (κ2) is 5.39. The summed E-state index contributed by atoms with van der Waals surface area (Å²) in [6.45, 7) is 1.47. The van der Waals surface area contributed by atoms with Crippen molar-refractivity contribution in [2.75, 3.05) is 20.1 Å². The van der Waals surface area contributed by atoms with Crippen LogP contribution in [0.5, 0.6) is 0 Å². The van der Waals surface area contributed by atoms with Gasteiger partial charge in [0.05, 0.1) is 56.2 Å². The van der Waals surface area contributed by atoms with Crippen LogP contribution < -0.4 is 4.90 Å². The number of fused-ring (bicyclic) bond motifs is 1. The first-order chi connectivity index (χ1) is 11.1. The molecule has 0 aromatic carbocycles. The number of rotatable bonds is 1. The molecule has 2 heterocycles. The molecule has 1 aromatic rings. The van der Waals surface area contributed by atoms with Crippen LogP contribution >= 0.6 is 0 Å². The van der Waals surface area contributed by atoms with Crippen molar-refractivity contribution >= 4 is 5.71 Å². The highest BCUT2D eigenvalue weighted by atomic mass is 16.3. The van der Waals surface area contributed by atoms with Gasteiger partial charge in [0.1, 0.15) is 11.7 Å². The molecule has 0 spiro atoms. The number of furan rings is 1. The average molecular weight is 306 g/mol. The Balaban J connectivity index is 2.25. The second-order valence-electron chi connectivity index (χ2n) is 6.18. The van der Waals surface area contributed by atoms with Crippen molar-refractivity contribution < 1.29 is 9.32 Å². The molecule has 3 rings (SSSR count). The number of hydrogen-bond acceptors (Lipinski definition) is 5. The van der Waals surface area contributed by atoms with Gasteiger partial charge in [0.25, 0.3) is 0 Å². The summed E-state index contributed by atoms with van der Waals surface area (Å²) in [6, 6.07) is 9.66. The summed E-state index contributed by atoms with van der Waals surface area (Å²) in [7, 11) is 2.04. The third-order valence-electron chi connectivity index (χ3n) is 4.93. The quantitative estimate of drug-likeness (QED) is 0.741. The van der Waals surface area contributed by atoms with Gasteiger partial charge in [0.2, 0.25) is 0 Å². The highest BCUT2D eigenvalue weighted by Gasteiger charge is 2.59. The predicted molar refractivity (Wildman–Crippen MR) is 80.1 cm³/mol. The van der Waals surface area contributed by atoms with Crippen molar-refractivity contribution in [3.63, 3.8) is 0 Å². The van der Waals surface area contributed by atoms with E-state index < -0.39 is 17.3 Å². The van der Waals surface area contributed by atoms with Crippen LogP contribution in [-0.2, 0) is 0 Å². The largest absolute Gasteiger partial charge is 0.469 e. The fourth-order valence-electron chi connectivity index (χ4n) is 3.83. The maximum absolute atomic E-state index is 9.76. The van der Waals surface area contributed by atoms with Gasteiger partial charge in [-0.1, -0.05) is 0 Å². The Hall–Kier alpha value is -2.88. The van der Waals surface area contributed by atoms with Crippen LogP contribution in [0.2, 0.25) is 0 Å². The van der Waals surface area contributed by atoms with Gasteiger partial charge in [-0.3, -0.25) is 0 Å². The second-order valence-corrected chi connectivity index (χ2v) is 6.18. The zero-order valence-corrected chi connectivity index (χ0v) is 12.7. The Morgan fingerprint density at radius 2 is 2.09 bits per heavy atom. The van der Waals surface area contributed by atoms with Crippen LogP contribution in [-0.4, -0.2) is 25.8 Å². The van der Waals surface area contributed by atoms with Gasteiger partial charge >= 0.3 is 0 Å². The number of likely N-dealkylation sites (N-methyl/N-ethyl adjacent to an activating group) is 1. The number of nitriles is 3. The summed E-state index contributed by atoms with van der Waals surface area (Å²) in [5.41, 5.74) is -0.947. The standard InChI is InChI=1S/C17H15N5O/c1-22-5-4-11-12(7-18)16(21)17(9-19,10-20)15(13(11)8-22)14-3-2-6-23-14/h2-4,6,12-13,15,21H,5,8H2,1H3/p+1/t12?,13-,15+/m0/s1. The van der Waals surface area contributed by atoms with E-state index in [0.717, 1.165) is 12.1 Å². The Bertz CT molecular complexity index is 772. The van der Waals surface area contributed by atoms with Crippen LogP contribution in [0.3, 0.4) is 0 Å². The maximum Gasteiger partial charge on any atom is 0.192 e. The summed E-state index contributed by atoms with van der Waals surface area (Å²) in [5.74, 6) is -1.00. The lowest BCUT2D eigenvalue weighted by Gasteiger charge is -2.44. The van der Waals surface area contributed by atoms with Crippen molar-refractivity contribution in [3.8, 4) is 18.2 Å². The molecule has 0 radical (unpaired) electrons. The first-order valence-corrected chi connectivity index (χ1v) is 7.44. The molecule has 23 heavy (non-hydrogen) atoms. The fraction of sp³-hybridized carbons (Fsp3) is 0.412. The highest BCUT2D eigenvalue weighted by molar-refractivity contribution is 6.00. The molecular weight excluding hydrogens is 290 g/mol. The minimum atomic E-state index is -1.67. The number of nitrogens with one attached hydrogen (secondary N) is 2. The van der Waals surface area contributed by atoms with E-state index in [-0.39, 0.29) is 11.6 Å². The average Bonchev–Trinajstić information content (AvgIpc) is 3.08. The molecule has 114 valence electrons. The van der Waals surface area contributed by atoms with Crippen molar-refractivity contribution in [1.82, 2.24) is 0 Å². The molecule has 2 N–H and O–H groups in total. The summed E-state index contributed by atoms with van der Waals surface area (Å²) >= 11 is 0. The molecule has 1 aliphatic carbocycles. The summed E-state index contributed by atoms with van der Waals surface area (Å²) in [6.07, 6.45) is 3.50. The van der Waals surface area contributed by atoms with E-state index in [2.05, 4.69) is 6.07 Å². The first kappa shape index (κ1) is 15.0. The Kier molecular flexibility index (Phi) is 3.52. The summed E-state index contributed by atoms with van der Waals surface area (Å²) in [5, 5.41) is 37.4. The van der Waals surface area contributed by atoms with Crippen LogP contribution in [0, 0.1) is 56.7 Å². The third kappa shape index (κ3) is 1.99. The number of nitrogens with zero attached hydrogens (tertiary/aromatic N) is 3. The van der Waals surface area contributed by atoms with Crippen LogP contribution in [0.1, 0.15) is 11.7 Å². The van der Waals surface area contributed by atoms with Gasteiger partial charge in [-0.15, -0.1) is 0 Å². The smallest absolute Gasteiger partial charge is 0.192 e. The van der Waals surface area contributed by atoms with E-state index in [1.54, 1.807) is 12.1 Å². The van der Waals surface area contributed by atoms with Crippen molar-refractivity contribution in [3.05, 3.63) is 35.8 Å². The molecule has 1 fully saturated rings. The van der Waals surface area contributed by atoms with Crippen LogP contribution in [0.25, 0.3) is 0 Å². The van der Waals surface area contributed by atoms with Crippen LogP contribution in [0.4, 0.5) is 0 Å². The van der Waals surface area contributed by atoms with E-state index in [4.69, 9.17) is 9.83 Å². The predicted octanol–water partition coefficient (Wildman–Crippen LogP) is 0.641. The third-order valence-corrected chi connectivity index (χ3v) is 4.93. The molecule has 6 nitrogen and oxygen atoms in total. The minimum absolute atomic E-state index is 0.131. The van der Waals surface area contributed by atoms with Gasteiger partial charge in [0, 0.05) is 5.92 Å². The Morgan fingerprint density at radius 3 is 2.65 bits per heavy atom. The summed E-state index contributed by atoms with van der Waals surface area (Å²) in [4.78, 5) is 1.24. The zero-order valence-electron chi connectivity index (χ0n) is 12.7. The van der Waals surface area contributed by atoms with Gasteiger partial charge in [-0.2, -0.15) is 15.8 Å². The molecule has 2 aliphatic rings.